The zero-order chi connectivity index (χ0) is 17.9. The van der Waals surface area contributed by atoms with E-state index in [4.69, 9.17) is 9.56 Å². The summed E-state index contributed by atoms with van der Waals surface area (Å²) in [6.45, 7) is 2.68. The molecule has 1 aromatic carbocycles. The summed E-state index contributed by atoms with van der Waals surface area (Å²) >= 11 is 0. The van der Waals surface area contributed by atoms with Crippen LogP contribution in [0.3, 0.4) is 0 Å². The number of nitrogens with two attached hydrogens (primary N) is 1. The number of aromatic carboxylic acids is 1. The lowest BCUT2D eigenvalue weighted by Gasteiger charge is -2.24. The van der Waals surface area contributed by atoms with E-state index in [0.29, 0.717) is 23.4 Å². The molecule has 0 atom stereocenters. The number of carboxylic acid groups (broad SMARTS) is 1. The normalized spacial score (nSPS) is 11.5. The van der Waals surface area contributed by atoms with Crippen LogP contribution in [0, 0.1) is 0 Å². The first-order valence-corrected chi connectivity index (χ1v) is 8.98. The predicted octanol–water partition coefficient (Wildman–Crippen LogP) is 2.53. The Morgan fingerprint density at radius 2 is 2.08 bits per heavy atom. The molecule has 3 N–H and O–H groups in total. The number of sulfonamides is 1. The Bertz CT molecular complexity index is 828. The van der Waals surface area contributed by atoms with Crippen molar-refractivity contribution in [2.24, 2.45) is 5.14 Å². The number of rotatable bonds is 7. The van der Waals surface area contributed by atoms with E-state index in [9.17, 15) is 18.3 Å². The van der Waals surface area contributed by atoms with Gasteiger partial charge in [-0.15, -0.1) is 0 Å². The maximum absolute atomic E-state index is 12.0. The highest BCUT2D eigenvalue weighted by Gasteiger charge is 2.24. The van der Waals surface area contributed by atoms with Gasteiger partial charge < -0.3 is 14.4 Å². The van der Waals surface area contributed by atoms with E-state index in [1.165, 1.54) is 18.6 Å². The van der Waals surface area contributed by atoms with Gasteiger partial charge in [0.05, 0.1) is 23.0 Å². The highest BCUT2D eigenvalue weighted by molar-refractivity contribution is 7.89. The van der Waals surface area contributed by atoms with Crippen LogP contribution < -0.4 is 10.0 Å². The molecule has 0 aliphatic carbocycles. The summed E-state index contributed by atoms with van der Waals surface area (Å²) in [7, 11) is -2.34. The van der Waals surface area contributed by atoms with Gasteiger partial charge in [0.15, 0.2) is 0 Å². The fourth-order valence-electron chi connectivity index (χ4n) is 2.46. The number of nitrogens with zero attached hydrogens (tertiary/aromatic N) is 1. The lowest BCUT2D eigenvalue weighted by molar-refractivity contribution is 0.0696. The minimum absolute atomic E-state index is 0.135. The first-order chi connectivity index (χ1) is 11.3. The van der Waals surface area contributed by atoms with Crippen molar-refractivity contribution in [3.8, 4) is 11.1 Å². The second kappa shape index (κ2) is 7.06. The van der Waals surface area contributed by atoms with Crippen LogP contribution in [-0.2, 0) is 10.0 Å². The Morgan fingerprint density at radius 1 is 1.38 bits per heavy atom. The molecule has 0 saturated heterocycles. The van der Waals surface area contributed by atoms with E-state index in [-0.39, 0.29) is 10.5 Å². The molecule has 8 heteroatoms. The molecular formula is C16H20N2O5S. The first-order valence-electron chi connectivity index (χ1n) is 7.43. The van der Waals surface area contributed by atoms with Crippen molar-refractivity contribution in [3.63, 3.8) is 0 Å². The first kappa shape index (κ1) is 18.0. The van der Waals surface area contributed by atoms with Gasteiger partial charge in [-0.2, -0.15) is 0 Å². The molecule has 0 amide bonds. The Labute approximate surface area is 140 Å². The van der Waals surface area contributed by atoms with E-state index in [1.54, 1.807) is 13.1 Å². The van der Waals surface area contributed by atoms with Gasteiger partial charge in [-0.3, -0.25) is 0 Å². The zero-order valence-corrected chi connectivity index (χ0v) is 14.3. The summed E-state index contributed by atoms with van der Waals surface area (Å²) < 4.78 is 29.2. The quantitative estimate of drug-likeness (QED) is 0.791. The zero-order valence-electron chi connectivity index (χ0n) is 13.5. The Hall–Kier alpha value is -2.32. The van der Waals surface area contributed by atoms with Gasteiger partial charge in [-0.25, -0.2) is 18.4 Å². The number of carbonyl (C=O) groups is 1. The molecule has 130 valence electrons. The summed E-state index contributed by atoms with van der Waals surface area (Å²) in [6, 6.07) is 4.15. The molecular weight excluding hydrogens is 332 g/mol. The number of carboxylic acids is 1. The molecule has 0 radical (unpaired) electrons. The largest absolute Gasteiger partial charge is 0.478 e. The topological polar surface area (TPSA) is 114 Å². The van der Waals surface area contributed by atoms with Crippen LogP contribution in [-0.4, -0.2) is 33.1 Å². The van der Waals surface area contributed by atoms with Crippen LogP contribution in [0.15, 0.2) is 40.0 Å². The van der Waals surface area contributed by atoms with E-state index < -0.39 is 16.0 Å². The van der Waals surface area contributed by atoms with Gasteiger partial charge in [0, 0.05) is 30.4 Å². The lowest BCUT2D eigenvalue weighted by Crippen LogP contribution is -2.22. The van der Waals surface area contributed by atoms with Crippen LogP contribution in [0.25, 0.3) is 11.1 Å². The molecule has 0 unspecified atom stereocenters. The van der Waals surface area contributed by atoms with Gasteiger partial charge >= 0.3 is 5.97 Å². The van der Waals surface area contributed by atoms with E-state index in [2.05, 4.69) is 0 Å². The molecule has 0 saturated carbocycles. The van der Waals surface area contributed by atoms with E-state index >= 15 is 0 Å². The molecule has 0 aliphatic rings. The number of primary sulfonamides is 1. The highest BCUT2D eigenvalue weighted by atomic mass is 32.2. The number of furan rings is 1. The maximum atomic E-state index is 12.0. The monoisotopic (exact) mass is 352 g/mol. The van der Waals surface area contributed by atoms with Crippen molar-refractivity contribution in [3.05, 3.63) is 36.3 Å². The average molecular weight is 352 g/mol. The third kappa shape index (κ3) is 3.77. The minimum Gasteiger partial charge on any atom is -0.478 e. The molecule has 2 rings (SSSR count). The molecule has 0 aliphatic heterocycles. The van der Waals surface area contributed by atoms with Gasteiger partial charge in [-0.05, 0) is 24.6 Å². The van der Waals surface area contributed by atoms with Crippen LogP contribution in [0.4, 0.5) is 5.69 Å². The van der Waals surface area contributed by atoms with Crippen molar-refractivity contribution >= 4 is 21.7 Å². The molecule has 0 fully saturated rings. The molecule has 1 heterocycles. The number of anilines is 1. The maximum Gasteiger partial charge on any atom is 0.335 e. The summed E-state index contributed by atoms with van der Waals surface area (Å²) in [5, 5.41) is 14.6. The number of unbranched alkanes of at least 4 members (excludes halogenated alkanes) is 1. The van der Waals surface area contributed by atoms with Gasteiger partial charge in [0.2, 0.25) is 10.0 Å². The summed E-state index contributed by atoms with van der Waals surface area (Å²) in [6.07, 6.45) is 4.65. The fourth-order valence-corrected chi connectivity index (χ4v) is 3.26. The third-order valence-corrected chi connectivity index (χ3v) is 4.64. The van der Waals surface area contributed by atoms with Crippen LogP contribution in [0.1, 0.15) is 30.1 Å². The smallest absolute Gasteiger partial charge is 0.335 e. The number of hydrogen-bond acceptors (Lipinski definition) is 5. The number of benzene rings is 1. The minimum atomic E-state index is -4.12. The van der Waals surface area contributed by atoms with Crippen molar-refractivity contribution < 1.29 is 22.7 Å². The Kier molecular flexibility index (Phi) is 5.30. The van der Waals surface area contributed by atoms with E-state index in [0.717, 1.165) is 18.9 Å². The summed E-state index contributed by atoms with van der Waals surface area (Å²) in [5.41, 5.74) is 1.21. The standard InChI is InChI=1S/C16H20N2O5S/c1-3-4-6-18(2)13-8-12(16(19)20)9-14(24(17,21)22)15(13)11-5-7-23-10-11/h5,7-10H,3-4,6H2,1-2H3,(H,19,20)(H2,17,21,22). The molecule has 1 aromatic heterocycles. The summed E-state index contributed by atoms with van der Waals surface area (Å²) in [4.78, 5) is 13.0. The average Bonchev–Trinajstić information content (AvgIpc) is 3.04. The molecule has 2 aromatic rings. The van der Waals surface area contributed by atoms with Crippen LogP contribution >= 0.6 is 0 Å². The molecule has 0 spiro atoms. The highest BCUT2D eigenvalue weighted by Crippen LogP contribution is 2.37. The Morgan fingerprint density at radius 3 is 2.58 bits per heavy atom. The molecule has 24 heavy (non-hydrogen) atoms. The SMILES string of the molecule is CCCCN(C)c1cc(C(=O)O)cc(S(N)(=O)=O)c1-c1ccoc1. The van der Waals surface area contributed by atoms with Crippen molar-refractivity contribution in [2.75, 3.05) is 18.5 Å². The van der Waals surface area contributed by atoms with Crippen molar-refractivity contribution in [2.45, 2.75) is 24.7 Å². The summed E-state index contributed by atoms with van der Waals surface area (Å²) in [5.74, 6) is -1.22. The predicted molar refractivity (Wildman–Crippen MR) is 90.7 cm³/mol. The second-order valence-electron chi connectivity index (χ2n) is 5.51. The van der Waals surface area contributed by atoms with Gasteiger partial charge in [0.1, 0.15) is 0 Å². The van der Waals surface area contributed by atoms with Crippen molar-refractivity contribution in [1.82, 2.24) is 0 Å². The molecule has 7 nitrogen and oxygen atoms in total. The van der Waals surface area contributed by atoms with Crippen molar-refractivity contribution in [1.29, 1.82) is 0 Å². The van der Waals surface area contributed by atoms with Gasteiger partial charge in [-0.1, -0.05) is 13.3 Å². The van der Waals surface area contributed by atoms with Crippen LogP contribution in [0.2, 0.25) is 0 Å². The lowest BCUT2D eigenvalue weighted by atomic mass is 10.0. The van der Waals surface area contributed by atoms with E-state index in [1.807, 2.05) is 11.8 Å². The molecule has 0 bridgehead atoms. The fraction of sp³-hybridized carbons (Fsp3) is 0.312. The Balaban J connectivity index is 2.78. The van der Waals surface area contributed by atoms with Gasteiger partial charge in [0.25, 0.3) is 0 Å². The van der Waals surface area contributed by atoms with Crippen LogP contribution in [0.5, 0.6) is 0 Å². The second-order valence-corrected chi connectivity index (χ2v) is 7.04. The number of hydrogen-bond donors (Lipinski definition) is 2. The third-order valence-electron chi connectivity index (χ3n) is 3.70.